The lowest BCUT2D eigenvalue weighted by atomic mass is 10.1. The zero-order chi connectivity index (χ0) is 20.7. The van der Waals surface area contributed by atoms with Crippen LogP contribution in [0.2, 0.25) is 0 Å². The number of likely N-dealkylation sites (tertiary alicyclic amines) is 1. The van der Waals surface area contributed by atoms with Gasteiger partial charge >= 0.3 is 0 Å². The fourth-order valence-corrected chi connectivity index (χ4v) is 4.98. The molecule has 2 aromatic heterocycles. The van der Waals surface area contributed by atoms with Crippen LogP contribution in [0.15, 0.2) is 48.5 Å². The van der Waals surface area contributed by atoms with E-state index in [1.807, 2.05) is 41.3 Å². The molecule has 6 heteroatoms. The van der Waals surface area contributed by atoms with E-state index in [1.54, 1.807) is 11.3 Å². The number of fused-ring (bicyclic) bond motifs is 2. The minimum absolute atomic E-state index is 0.00885. The predicted molar refractivity (Wildman–Crippen MR) is 120 cm³/mol. The summed E-state index contributed by atoms with van der Waals surface area (Å²) in [5.41, 5.74) is 4.79. The highest BCUT2D eigenvalue weighted by Crippen LogP contribution is 2.33. The fraction of sp³-hybridized carbons (Fsp3) is 0.292. The molecule has 0 unspecified atom stereocenters. The number of carbonyl (C=O) groups excluding carboxylic acids is 1. The van der Waals surface area contributed by atoms with Crippen LogP contribution in [0.4, 0.5) is 0 Å². The van der Waals surface area contributed by atoms with Crippen LogP contribution in [0.5, 0.6) is 5.19 Å². The second-order valence-corrected chi connectivity index (χ2v) is 8.82. The van der Waals surface area contributed by atoms with E-state index in [0.29, 0.717) is 18.8 Å². The molecule has 152 valence electrons. The number of pyridine rings is 1. The number of benzene rings is 2. The molecule has 4 aromatic rings. The van der Waals surface area contributed by atoms with Gasteiger partial charge < -0.3 is 9.64 Å². The molecule has 1 saturated heterocycles. The Balaban J connectivity index is 1.25. The lowest BCUT2D eigenvalue weighted by Gasteiger charge is -2.31. The molecule has 3 heterocycles. The van der Waals surface area contributed by atoms with Gasteiger partial charge in [0.15, 0.2) is 0 Å². The van der Waals surface area contributed by atoms with E-state index in [-0.39, 0.29) is 12.0 Å². The Hall–Kier alpha value is -2.99. The van der Waals surface area contributed by atoms with Crippen LogP contribution in [0.3, 0.4) is 0 Å². The lowest BCUT2D eigenvalue weighted by molar-refractivity contribution is 0.0590. The molecule has 1 aliphatic rings. The molecule has 0 radical (unpaired) electrons. The molecule has 1 amide bonds. The monoisotopic (exact) mass is 417 g/mol. The van der Waals surface area contributed by atoms with Crippen LogP contribution < -0.4 is 4.74 Å². The third kappa shape index (κ3) is 3.52. The number of aromatic nitrogens is 2. The van der Waals surface area contributed by atoms with Crippen molar-refractivity contribution in [2.24, 2.45) is 0 Å². The standard InChI is InChI=1S/C24H23N3O2S/c1-15-7-8-16(2)22-21(15)26-24(30-22)29-18-11-13-27(14-12-18)23(28)20-10-9-17-5-3-4-6-19(17)25-20/h3-10,18H,11-14H2,1-2H3. The first-order valence-corrected chi connectivity index (χ1v) is 11.1. The molecule has 1 aliphatic heterocycles. The van der Waals surface area contributed by atoms with E-state index in [1.165, 1.54) is 15.8 Å². The quantitative estimate of drug-likeness (QED) is 0.463. The van der Waals surface area contributed by atoms with Crippen molar-refractivity contribution in [2.45, 2.75) is 32.8 Å². The normalized spacial score (nSPS) is 15.1. The maximum atomic E-state index is 12.9. The molecule has 0 atom stereocenters. The van der Waals surface area contributed by atoms with Crippen molar-refractivity contribution in [3.05, 3.63) is 65.4 Å². The number of para-hydroxylation sites is 1. The summed E-state index contributed by atoms with van der Waals surface area (Å²) in [4.78, 5) is 24.0. The maximum Gasteiger partial charge on any atom is 0.274 e. The first-order chi connectivity index (χ1) is 14.6. The number of thiazole rings is 1. The van der Waals surface area contributed by atoms with Gasteiger partial charge in [0.25, 0.3) is 11.1 Å². The fourth-order valence-electron chi connectivity index (χ4n) is 3.96. The van der Waals surface area contributed by atoms with Crippen molar-refractivity contribution < 1.29 is 9.53 Å². The lowest BCUT2D eigenvalue weighted by Crippen LogP contribution is -2.42. The van der Waals surface area contributed by atoms with Crippen LogP contribution in [-0.2, 0) is 0 Å². The maximum absolute atomic E-state index is 12.9. The average molecular weight is 418 g/mol. The summed E-state index contributed by atoms with van der Waals surface area (Å²) in [6, 6.07) is 15.9. The zero-order valence-corrected chi connectivity index (χ0v) is 17.9. The molecular formula is C24H23N3O2S. The van der Waals surface area contributed by atoms with Gasteiger partial charge in [-0.25, -0.2) is 9.97 Å². The number of carbonyl (C=O) groups is 1. The number of piperidine rings is 1. The Bertz CT molecular complexity index is 1200. The Morgan fingerprint density at radius 1 is 1.00 bits per heavy atom. The number of nitrogens with zero attached hydrogens (tertiary/aromatic N) is 3. The van der Waals surface area contributed by atoms with Gasteiger partial charge in [-0.05, 0) is 37.1 Å². The second kappa shape index (κ2) is 7.69. The highest BCUT2D eigenvalue weighted by molar-refractivity contribution is 7.20. The smallest absolute Gasteiger partial charge is 0.274 e. The molecule has 2 aromatic carbocycles. The highest BCUT2D eigenvalue weighted by atomic mass is 32.1. The summed E-state index contributed by atoms with van der Waals surface area (Å²) in [7, 11) is 0. The highest BCUT2D eigenvalue weighted by Gasteiger charge is 2.26. The van der Waals surface area contributed by atoms with Crippen molar-refractivity contribution in [3.8, 4) is 5.19 Å². The number of amides is 1. The molecule has 0 spiro atoms. The van der Waals surface area contributed by atoms with Crippen molar-refractivity contribution in [2.75, 3.05) is 13.1 Å². The number of hydrogen-bond acceptors (Lipinski definition) is 5. The van der Waals surface area contributed by atoms with E-state index in [2.05, 4.69) is 31.0 Å². The summed E-state index contributed by atoms with van der Waals surface area (Å²) in [5, 5.41) is 1.77. The summed E-state index contributed by atoms with van der Waals surface area (Å²) >= 11 is 1.61. The summed E-state index contributed by atoms with van der Waals surface area (Å²) in [6.07, 6.45) is 1.68. The summed E-state index contributed by atoms with van der Waals surface area (Å²) in [6.45, 7) is 5.52. The van der Waals surface area contributed by atoms with Crippen LogP contribution in [-0.4, -0.2) is 40.0 Å². The van der Waals surface area contributed by atoms with Crippen LogP contribution >= 0.6 is 11.3 Å². The molecule has 30 heavy (non-hydrogen) atoms. The second-order valence-electron chi connectivity index (χ2n) is 7.86. The van der Waals surface area contributed by atoms with E-state index in [0.717, 1.165) is 34.5 Å². The van der Waals surface area contributed by atoms with Gasteiger partial charge in [-0.1, -0.05) is 47.7 Å². The summed E-state index contributed by atoms with van der Waals surface area (Å²) < 4.78 is 7.39. The molecule has 5 rings (SSSR count). The Morgan fingerprint density at radius 2 is 1.77 bits per heavy atom. The molecule has 0 saturated carbocycles. The predicted octanol–water partition coefficient (Wildman–Crippen LogP) is 5.14. The van der Waals surface area contributed by atoms with Crippen LogP contribution in [0.25, 0.3) is 21.1 Å². The number of aryl methyl sites for hydroxylation is 2. The Kier molecular flexibility index (Phi) is 4.87. The molecule has 0 bridgehead atoms. The largest absolute Gasteiger partial charge is 0.467 e. The summed E-state index contributed by atoms with van der Waals surface area (Å²) in [5.74, 6) is -0.00885. The van der Waals surface area contributed by atoms with Crippen molar-refractivity contribution in [3.63, 3.8) is 0 Å². The first kappa shape index (κ1) is 19.0. The topological polar surface area (TPSA) is 55.3 Å². The zero-order valence-electron chi connectivity index (χ0n) is 17.1. The van der Waals surface area contributed by atoms with Crippen molar-refractivity contribution in [1.29, 1.82) is 0 Å². The van der Waals surface area contributed by atoms with Gasteiger partial charge in [-0.15, -0.1) is 0 Å². The van der Waals surface area contributed by atoms with Gasteiger partial charge in [0.2, 0.25) is 0 Å². The molecule has 0 N–H and O–H groups in total. The van der Waals surface area contributed by atoms with E-state index in [9.17, 15) is 4.79 Å². The third-order valence-electron chi connectivity index (χ3n) is 5.74. The number of rotatable bonds is 3. The van der Waals surface area contributed by atoms with E-state index >= 15 is 0 Å². The molecule has 1 fully saturated rings. The van der Waals surface area contributed by atoms with Crippen molar-refractivity contribution in [1.82, 2.24) is 14.9 Å². The van der Waals surface area contributed by atoms with Gasteiger partial charge in [-0.2, -0.15) is 0 Å². The van der Waals surface area contributed by atoms with Crippen LogP contribution in [0.1, 0.15) is 34.5 Å². The Morgan fingerprint density at radius 3 is 2.57 bits per heavy atom. The van der Waals surface area contributed by atoms with Gasteiger partial charge in [0.1, 0.15) is 11.8 Å². The molecule has 0 aliphatic carbocycles. The number of hydrogen-bond donors (Lipinski definition) is 0. The van der Waals surface area contributed by atoms with Gasteiger partial charge in [-0.3, -0.25) is 4.79 Å². The van der Waals surface area contributed by atoms with E-state index in [4.69, 9.17) is 9.72 Å². The average Bonchev–Trinajstić information content (AvgIpc) is 3.21. The van der Waals surface area contributed by atoms with Crippen LogP contribution in [0, 0.1) is 13.8 Å². The third-order valence-corrected chi connectivity index (χ3v) is 6.82. The SMILES string of the molecule is Cc1ccc(C)c2sc(OC3CCN(C(=O)c4ccc5ccccc5n4)CC3)nc12. The van der Waals surface area contributed by atoms with Gasteiger partial charge in [0, 0.05) is 31.3 Å². The minimum atomic E-state index is -0.00885. The van der Waals surface area contributed by atoms with Crippen molar-refractivity contribution >= 4 is 38.4 Å². The van der Waals surface area contributed by atoms with E-state index < -0.39 is 0 Å². The van der Waals surface area contributed by atoms with Gasteiger partial charge in [0.05, 0.1) is 15.7 Å². The number of ether oxygens (including phenoxy) is 1. The Labute approximate surface area is 179 Å². The molecular weight excluding hydrogens is 394 g/mol. The minimum Gasteiger partial charge on any atom is -0.467 e. The first-order valence-electron chi connectivity index (χ1n) is 10.3. The molecule has 5 nitrogen and oxygen atoms in total.